The first-order chi connectivity index (χ1) is 10.0. The van der Waals surface area contributed by atoms with Gasteiger partial charge in [-0.25, -0.2) is 0 Å². The van der Waals surface area contributed by atoms with E-state index < -0.39 is 6.04 Å². The van der Waals surface area contributed by atoms with E-state index in [1.165, 1.54) is 0 Å². The van der Waals surface area contributed by atoms with Crippen LogP contribution in [0.3, 0.4) is 0 Å². The number of rotatable bonds is 4. The van der Waals surface area contributed by atoms with Crippen LogP contribution >= 0.6 is 24.0 Å². The summed E-state index contributed by atoms with van der Waals surface area (Å²) in [4.78, 5) is 20.4. The van der Waals surface area contributed by atoms with Gasteiger partial charge >= 0.3 is 0 Å². The fourth-order valence-corrected chi connectivity index (χ4v) is 2.74. The third kappa shape index (κ3) is 4.24. The summed E-state index contributed by atoms with van der Waals surface area (Å²) < 4.78 is 0. The van der Waals surface area contributed by atoms with Crippen molar-refractivity contribution in [2.24, 2.45) is 11.7 Å². The van der Waals surface area contributed by atoms with E-state index in [0.29, 0.717) is 18.1 Å². The van der Waals surface area contributed by atoms with Gasteiger partial charge in [0.05, 0.1) is 16.8 Å². The van der Waals surface area contributed by atoms with Crippen LogP contribution in [0.15, 0.2) is 18.5 Å². The molecule has 2 rings (SSSR count). The molecule has 7 heteroatoms. The van der Waals surface area contributed by atoms with Gasteiger partial charge in [0.2, 0.25) is 5.91 Å². The van der Waals surface area contributed by atoms with Crippen LogP contribution in [-0.2, 0) is 4.79 Å². The summed E-state index contributed by atoms with van der Waals surface area (Å²) in [6, 6.07) is 1.51. The van der Waals surface area contributed by atoms with Crippen molar-refractivity contribution in [2.75, 3.05) is 31.1 Å². The molecular formula is C15H24Cl2N4O. The van der Waals surface area contributed by atoms with Gasteiger partial charge in [0, 0.05) is 38.6 Å². The molecule has 1 saturated heterocycles. The number of nitrogens with zero attached hydrogens (tertiary/aromatic N) is 3. The largest absolute Gasteiger partial charge is 0.367 e. The number of pyridine rings is 1. The molecule has 1 amide bonds. The van der Waals surface area contributed by atoms with E-state index in [4.69, 9.17) is 17.3 Å². The smallest absolute Gasteiger partial charge is 0.239 e. The Bertz CT molecular complexity index is 492. The molecule has 2 atom stereocenters. The Morgan fingerprint density at radius 1 is 1.41 bits per heavy atom. The number of halogens is 2. The summed E-state index contributed by atoms with van der Waals surface area (Å²) in [6.07, 6.45) is 4.30. The van der Waals surface area contributed by atoms with E-state index in [1.54, 1.807) is 12.4 Å². The molecule has 22 heavy (non-hydrogen) atoms. The molecule has 0 radical (unpaired) electrons. The van der Waals surface area contributed by atoms with Crippen LogP contribution in [-0.4, -0.2) is 48.0 Å². The highest BCUT2D eigenvalue weighted by atomic mass is 35.5. The second-order valence-corrected chi connectivity index (χ2v) is 5.96. The molecule has 1 fully saturated rings. The average Bonchev–Trinajstić information content (AvgIpc) is 2.53. The molecular weight excluding hydrogens is 323 g/mol. The third-order valence-corrected chi connectivity index (χ3v) is 4.52. The Balaban J connectivity index is 0.00000242. The lowest BCUT2D eigenvalue weighted by molar-refractivity contribution is -0.134. The molecule has 2 N–H and O–H groups in total. The van der Waals surface area contributed by atoms with Gasteiger partial charge in [-0.3, -0.25) is 9.78 Å². The lowest BCUT2D eigenvalue weighted by atomic mass is 9.98. The fraction of sp³-hybridized carbons (Fsp3) is 0.600. The van der Waals surface area contributed by atoms with Gasteiger partial charge < -0.3 is 15.5 Å². The minimum absolute atomic E-state index is 0. The Kier molecular flexibility index (Phi) is 7.39. The maximum Gasteiger partial charge on any atom is 0.239 e. The van der Waals surface area contributed by atoms with Gasteiger partial charge in [-0.15, -0.1) is 12.4 Å². The number of nitrogens with two attached hydrogens (primary N) is 1. The van der Waals surface area contributed by atoms with E-state index in [0.717, 1.165) is 25.2 Å². The lowest BCUT2D eigenvalue weighted by Crippen LogP contribution is -2.54. The molecule has 0 saturated carbocycles. The number of anilines is 1. The molecule has 0 unspecified atom stereocenters. The summed E-state index contributed by atoms with van der Waals surface area (Å²) in [5.41, 5.74) is 7.01. The van der Waals surface area contributed by atoms with Crippen LogP contribution in [0.2, 0.25) is 5.02 Å². The van der Waals surface area contributed by atoms with Crippen molar-refractivity contribution in [1.29, 1.82) is 0 Å². The molecule has 124 valence electrons. The van der Waals surface area contributed by atoms with E-state index in [1.807, 2.05) is 17.9 Å². The van der Waals surface area contributed by atoms with E-state index in [-0.39, 0.29) is 24.2 Å². The first-order valence-electron chi connectivity index (χ1n) is 7.43. The predicted molar refractivity (Wildman–Crippen MR) is 92.7 cm³/mol. The quantitative estimate of drug-likeness (QED) is 0.907. The Labute approximate surface area is 143 Å². The van der Waals surface area contributed by atoms with Crippen molar-refractivity contribution in [3.8, 4) is 0 Å². The topological polar surface area (TPSA) is 62.5 Å². The number of carbonyl (C=O) groups is 1. The molecule has 5 nitrogen and oxygen atoms in total. The first kappa shape index (κ1) is 19.0. The highest BCUT2D eigenvalue weighted by Crippen LogP contribution is 2.25. The molecule has 0 aliphatic carbocycles. The summed E-state index contributed by atoms with van der Waals surface area (Å²) in [7, 11) is 0. The Morgan fingerprint density at radius 2 is 2.05 bits per heavy atom. The van der Waals surface area contributed by atoms with Crippen LogP contribution in [0.5, 0.6) is 0 Å². The maximum atomic E-state index is 12.4. The zero-order chi connectivity index (χ0) is 15.4. The van der Waals surface area contributed by atoms with Gasteiger partial charge in [0.15, 0.2) is 0 Å². The van der Waals surface area contributed by atoms with Crippen LogP contribution in [0, 0.1) is 5.92 Å². The lowest BCUT2D eigenvalue weighted by Gasteiger charge is -2.38. The number of amides is 1. The van der Waals surface area contributed by atoms with Gasteiger partial charge in [-0.1, -0.05) is 31.9 Å². The van der Waals surface area contributed by atoms with E-state index in [2.05, 4.69) is 16.8 Å². The standard InChI is InChI=1S/C15H23ClN4O.ClH/c1-3-11(2)14(17)15(21)20-8-6-19(7-9-20)13-4-5-18-10-12(13)16;/h4-5,10-11,14H,3,6-9,17H2,1-2H3;1H/t11-,14-;/m0./s1. The van der Waals surface area contributed by atoms with Crippen molar-refractivity contribution >= 4 is 35.6 Å². The van der Waals surface area contributed by atoms with Crippen molar-refractivity contribution in [1.82, 2.24) is 9.88 Å². The molecule has 1 aliphatic heterocycles. The van der Waals surface area contributed by atoms with Crippen molar-refractivity contribution in [3.63, 3.8) is 0 Å². The highest BCUT2D eigenvalue weighted by molar-refractivity contribution is 6.33. The second-order valence-electron chi connectivity index (χ2n) is 5.55. The molecule has 0 bridgehead atoms. The third-order valence-electron chi connectivity index (χ3n) is 4.23. The van der Waals surface area contributed by atoms with Crippen LogP contribution in [0.25, 0.3) is 0 Å². The minimum Gasteiger partial charge on any atom is -0.367 e. The Morgan fingerprint density at radius 3 is 2.59 bits per heavy atom. The average molecular weight is 347 g/mol. The van der Waals surface area contributed by atoms with Crippen molar-refractivity contribution in [2.45, 2.75) is 26.3 Å². The molecule has 0 spiro atoms. The molecule has 1 aromatic heterocycles. The fourth-order valence-electron chi connectivity index (χ4n) is 2.50. The Hall–Kier alpha value is -1.04. The number of carbonyl (C=O) groups excluding carboxylic acids is 1. The molecule has 0 aromatic carbocycles. The number of hydrogen-bond acceptors (Lipinski definition) is 4. The van der Waals surface area contributed by atoms with Crippen LogP contribution in [0.1, 0.15) is 20.3 Å². The second kappa shape index (κ2) is 8.56. The van der Waals surface area contributed by atoms with Gasteiger partial charge in [0.25, 0.3) is 0 Å². The van der Waals surface area contributed by atoms with Gasteiger partial charge in [-0.2, -0.15) is 0 Å². The molecule has 1 aromatic rings. The van der Waals surface area contributed by atoms with E-state index >= 15 is 0 Å². The zero-order valence-electron chi connectivity index (χ0n) is 13.0. The van der Waals surface area contributed by atoms with Gasteiger partial charge in [0.1, 0.15) is 0 Å². The zero-order valence-corrected chi connectivity index (χ0v) is 14.6. The number of aromatic nitrogens is 1. The van der Waals surface area contributed by atoms with E-state index in [9.17, 15) is 4.79 Å². The monoisotopic (exact) mass is 346 g/mol. The summed E-state index contributed by atoms with van der Waals surface area (Å²) in [5.74, 6) is 0.273. The summed E-state index contributed by atoms with van der Waals surface area (Å²) in [6.45, 7) is 6.98. The summed E-state index contributed by atoms with van der Waals surface area (Å²) >= 11 is 6.16. The minimum atomic E-state index is -0.397. The van der Waals surface area contributed by atoms with Gasteiger partial charge in [-0.05, 0) is 12.0 Å². The number of hydrogen-bond donors (Lipinski definition) is 1. The SMILES string of the molecule is CC[C@H](C)[C@H](N)C(=O)N1CCN(c2ccncc2Cl)CC1.Cl. The maximum absolute atomic E-state index is 12.4. The van der Waals surface area contributed by atoms with Crippen molar-refractivity contribution in [3.05, 3.63) is 23.5 Å². The van der Waals surface area contributed by atoms with Crippen LogP contribution in [0.4, 0.5) is 5.69 Å². The number of piperazine rings is 1. The predicted octanol–water partition coefficient (Wildman–Crippen LogP) is 2.18. The van der Waals surface area contributed by atoms with Crippen molar-refractivity contribution < 1.29 is 4.79 Å². The molecule has 2 heterocycles. The first-order valence-corrected chi connectivity index (χ1v) is 7.81. The molecule has 1 aliphatic rings. The van der Waals surface area contributed by atoms with Crippen LogP contribution < -0.4 is 10.6 Å². The summed E-state index contributed by atoms with van der Waals surface area (Å²) in [5, 5.41) is 0.647. The highest BCUT2D eigenvalue weighted by Gasteiger charge is 2.28. The normalized spacial score (nSPS) is 17.6.